The Bertz CT molecular complexity index is 898. The predicted octanol–water partition coefficient (Wildman–Crippen LogP) is 3.63. The van der Waals surface area contributed by atoms with Crippen LogP contribution in [0, 0.1) is 0 Å². The molecule has 0 radical (unpaired) electrons. The van der Waals surface area contributed by atoms with Crippen LogP contribution in [0.4, 0.5) is 5.69 Å². The van der Waals surface area contributed by atoms with Gasteiger partial charge in [0.15, 0.2) is 0 Å². The van der Waals surface area contributed by atoms with Crippen LogP contribution in [0.3, 0.4) is 0 Å². The molecule has 0 bridgehead atoms. The molecule has 0 fully saturated rings. The summed E-state index contributed by atoms with van der Waals surface area (Å²) in [5.41, 5.74) is 1.93. The molecule has 1 atom stereocenters. The molecule has 0 saturated heterocycles. The number of benzene rings is 2. The summed E-state index contributed by atoms with van der Waals surface area (Å²) in [6.45, 7) is 0. The summed E-state index contributed by atoms with van der Waals surface area (Å²) >= 11 is 1.46. The number of hydrogen-bond donors (Lipinski definition) is 1. The molecule has 1 aliphatic heterocycles. The van der Waals surface area contributed by atoms with Crippen LogP contribution in [0.2, 0.25) is 0 Å². The quantitative estimate of drug-likeness (QED) is 0.744. The van der Waals surface area contributed by atoms with E-state index < -0.39 is 6.10 Å². The van der Waals surface area contributed by atoms with Crippen LogP contribution in [0.25, 0.3) is 0 Å². The Morgan fingerprint density at radius 1 is 0.875 bits per heavy atom. The molecule has 0 aliphatic carbocycles. The van der Waals surface area contributed by atoms with Crippen molar-refractivity contribution in [2.24, 2.45) is 0 Å². The molecule has 3 aromatic rings. The van der Waals surface area contributed by atoms with Gasteiger partial charge < -0.3 is 5.11 Å². The van der Waals surface area contributed by atoms with Crippen molar-refractivity contribution in [2.45, 2.75) is 6.10 Å². The zero-order valence-electron chi connectivity index (χ0n) is 12.5. The monoisotopic (exact) mass is 335 g/mol. The van der Waals surface area contributed by atoms with Crippen molar-refractivity contribution >= 4 is 28.8 Å². The summed E-state index contributed by atoms with van der Waals surface area (Å²) in [7, 11) is 0. The SMILES string of the molecule is O=C1c2ccccc2C(=O)N1c1cccc(C(O)c2cccs2)c1. The van der Waals surface area contributed by atoms with Gasteiger partial charge in [0.1, 0.15) is 6.10 Å². The van der Waals surface area contributed by atoms with E-state index in [1.54, 1.807) is 48.5 Å². The van der Waals surface area contributed by atoms with Crippen molar-refractivity contribution < 1.29 is 14.7 Å². The molecule has 1 aromatic heterocycles. The number of nitrogens with zero attached hydrogens (tertiary/aromatic N) is 1. The maximum atomic E-state index is 12.6. The molecule has 0 spiro atoms. The van der Waals surface area contributed by atoms with Gasteiger partial charge in [-0.3, -0.25) is 9.59 Å². The van der Waals surface area contributed by atoms with E-state index in [2.05, 4.69) is 0 Å². The zero-order chi connectivity index (χ0) is 16.7. The maximum absolute atomic E-state index is 12.6. The van der Waals surface area contributed by atoms with Gasteiger partial charge in [-0.2, -0.15) is 0 Å². The summed E-state index contributed by atoms with van der Waals surface area (Å²) in [6, 6.07) is 17.4. The van der Waals surface area contributed by atoms with Gasteiger partial charge >= 0.3 is 0 Å². The summed E-state index contributed by atoms with van der Waals surface area (Å²) in [6.07, 6.45) is -0.778. The molecule has 4 rings (SSSR count). The highest BCUT2D eigenvalue weighted by Gasteiger charge is 2.36. The van der Waals surface area contributed by atoms with E-state index in [9.17, 15) is 14.7 Å². The third kappa shape index (κ3) is 2.26. The van der Waals surface area contributed by atoms with Crippen LogP contribution in [0.1, 0.15) is 37.3 Å². The van der Waals surface area contributed by atoms with E-state index in [1.807, 2.05) is 17.5 Å². The van der Waals surface area contributed by atoms with Gasteiger partial charge in [0, 0.05) is 4.88 Å². The highest BCUT2D eigenvalue weighted by molar-refractivity contribution is 7.10. The highest BCUT2D eigenvalue weighted by Crippen LogP contribution is 2.32. The van der Waals surface area contributed by atoms with Gasteiger partial charge in [-0.1, -0.05) is 30.3 Å². The first-order valence-electron chi connectivity index (χ1n) is 7.46. The minimum absolute atomic E-state index is 0.335. The molecule has 2 heterocycles. The fourth-order valence-electron chi connectivity index (χ4n) is 2.87. The molecule has 118 valence electrons. The van der Waals surface area contributed by atoms with Crippen LogP contribution < -0.4 is 4.90 Å². The summed E-state index contributed by atoms with van der Waals surface area (Å²) in [5.74, 6) is -0.670. The van der Waals surface area contributed by atoms with Gasteiger partial charge in [0.2, 0.25) is 0 Å². The van der Waals surface area contributed by atoms with Crippen LogP contribution in [-0.2, 0) is 0 Å². The van der Waals surface area contributed by atoms with Crippen LogP contribution in [-0.4, -0.2) is 16.9 Å². The van der Waals surface area contributed by atoms with E-state index in [-0.39, 0.29) is 11.8 Å². The van der Waals surface area contributed by atoms with Gasteiger partial charge in [-0.15, -0.1) is 11.3 Å². The highest BCUT2D eigenvalue weighted by atomic mass is 32.1. The molecular formula is C19H13NO3S. The number of amides is 2. The summed E-state index contributed by atoms with van der Waals surface area (Å²) in [4.78, 5) is 27.1. The fourth-order valence-corrected chi connectivity index (χ4v) is 3.61. The molecule has 1 N–H and O–H groups in total. The zero-order valence-corrected chi connectivity index (χ0v) is 13.4. The van der Waals surface area contributed by atoms with Crippen molar-refractivity contribution in [3.63, 3.8) is 0 Å². The number of aliphatic hydroxyl groups excluding tert-OH is 1. The van der Waals surface area contributed by atoms with Gasteiger partial charge in [-0.25, -0.2) is 4.90 Å². The topological polar surface area (TPSA) is 57.6 Å². The first kappa shape index (κ1) is 14.8. The maximum Gasteiger partial charge on any atom is 0.266 e. The normalized spacial score (nSPS) is 14.8. The van der Waals surface area contributed by atoms with Crippen molar-refractivity contribution in [1.29, 1.82) is 0 Å². The Balaban J connectivity index is 1.73. The fraction of sp³-hybridized carbons (Fsp3) is 0.0526. The number of fused-ring (bicyclic) bond motifs is 1. The number of carbonyl (C=O) groups excluding carboxylic acids is 2. The van der Waals surface area contributed by atoms with E-state index in [4.69, 9.17) is 0 Å². The average Bonchev–Trinajstić information content (AvgIpc) is 3.23. The number of hydrogen-bond acceptors (Lipinski definition) is 4. The number of aliphatic hydroxyl groups is 1. The van der Waals surface area contributed by atoms with Crippen molar-refractivity contribution in [3.05, 3.63) is 87.6 Å². The van der Waals surface area contributed by atoms with E-state index in [0.29, 0.717) is 22.4 Å². The average molecular weight is 335 g/mol. The Kier molecular flexibility index (Phi) is 3.52. The van der Waals surface area contributed by atoms with Crippen LogP contribution in [0.15, 0.2) is 66.0 Å². The van der Waals surface area contributed by atoms with Gasteiger partial charge in [0.25, 0.3) is 11.8 Å². The second-order valence-electron chi connectivity index (χ2n) is 5.50. The largest absolute Gasteiger partial charge is 0.383 e. The lowest BCUT2D eigenvalue weighted by Gasteiger charge is -2.16. The minimum atomic E-state index is -0.778. The first-order valence-corrected chi connectivity index (χ1v) is 8.34. The number of anilines is 1. The Labute approximate surface area is 142 Å². The molecule has 4 nitrogen and oxygen atoms in total. The second-order valence-corrected chi connectivity index (χ2v) is 6.48. The number of rotatable bonds is 3. The molecule has 1 unspecified atom stereocenters. The lowest BCUT2D eigenvalue weighted by molar-refractivity contribution is 0.0926. The molecule has 2 aromatic carbocycles. The Morgan fingerprint density at radius 2 is 1.58 bits per heavy atom. The third-order valence-corrected chi connectivity index (χ3v) is 4.98. The first-order chi connectivity index (χ1) is 11.7. The standard InChI is InChI=1S/C19H13NO3S/c21-17(16-9-4-10-24-16)12-5-3-6-13(11-12)20-18(22)14-7-1-2-8-15(14)19(20)23/h1-11,17,21H. The molecule has 24 heavy (non-hydrogen) atoms. The number of imide groups is 1. The van der Waals surface area contributed by atoms with E-state index in [1.165, 1.54) is 11.3 Å². The van der Waals surface area contributed by atoms with E-state index >= 15 is 0 Å². The summed E-state index contributed by atoms with van der Waals surface area (Å²) in [5, 5.41) is 12.4. The van der Waals surface area contributed by atoms with E-state index in [0.717, 1.165) is 9.78 Å². The molecule has 5 heteroatoms. The molecule has 2 amide bonds. The third-order valence-electron chi connectivity index (χ3n) is 4.05. The number of carbonyl (C=O) groups is 2. The molecular weight excluding hydrogens is 322 g/mol. The predicted molar refractivity (Wildman–Crippen MR) is 92.4 cm³/mol. The lowest BCUT2D eigenvalue weighted by atomic mass is 10.1. The van der Waals surface area contributed by atoms with Gasteiger partial charge in [0.05, 0.1) is 16.8 Å². The lowest BCUT2D eigenvalue weighted by Crippen LogP contribution is -2.29. The minimum Gasteiger partial charge on any atom is -0.383 e. The van der Waals surface area contributed by atoms with Crippen molar-refractivity contribution in [3.8, 4) is 0 Å². The van der Waals surface area contributed by atoms with Gasteiger partial charge in [-0.05, 0) is 41.3 Å². The van der Waals surface area contributed by atoms with Crippen molar-refractivity contribution in [2.75, 3.05) is 4.90 Å². The van der Waals surface area contributed by atoms with Crippen LogP contribution in [0.5, 0.6) is 0 Å². The van der Waals surface area contributed by atoms with Crippen molar-refractivity contribution in [1.82, 2.24) is 0 Å². The second kappa shape index (κ2) is 5.70. The number of thiophene rings is 1. The Morgan fingerprint density at radius 3 is 2.21 bits per heavy atom. The molecule has 1 aliphatic rings. The smallest absolute Gasteiger partial charge is 0.266 e. The van der Waals surface area contributed by atoms with Crippen LogP contribution >= 0.6 is 11.3 Å². The summed E-state index contributed by atoms with van der Waals surface area (Å²) < 4.78 is 0. The molecule has 0 saturated carbocycles. The Hall–Kier alpha value is -2.76.